The number of quaternary nitrogens is 2. The Balaban J connectivity index is -0.00000684. The molecule has 0 unspecified atom stereocenters. The smallest absolute Gasteiger partial charge is 0.102 e. The van der Waals surface area contributed by atoms with Crippen LogP contribution in [0.3, 0.4) is 0 Å². The van der Waals surface area contributed by atoms with Gasteiger partial charge in [0, 0.05) is 12.8 Å². The van der Waals surface area contributed by atoms with Crippen molar-refractivity contribution in [2.75, 3.05) is 78.8 Å². The fraction of sp³-hybridized carbons (Fsp3) is 1.00. The Bertz CT molecular complexity index is 436. The molecule has 0 heterocycles. The molecule has 0 aromatic heterocycles. The van der Waals surface area contributed by atoms with Crippen LogP contribution in [0.4, 0.5) is 0 Å². The van der Waals surface area contributed by atoms with Gasteiger partial charge in [-0.3, -0.25) is 0 Å². The minimum atomic E-state index is 0. The molecule has 0 bridgehead atoms. The molecule has 0 rings (SSSR count). The second-order valence-electron chi connectivity index (χ2n) is 12.0. The van der Waals surface area contributed by atoms with Gasteiger partial charge in [0.15, 0.2) is 0 Å². The largest absolute Gasteiger partial charge is 1.00 e. The Morgan fingerprint density at radius 3 is 0.725 bits per heavy atom. The van der Waals surface area contributed by atoms with E-state index in [-0.39, 0.29) is 60.4 Å². The van der Waals surface area contributed by atoms with E-state index in [4.69, 9.17) is 0 Å². The summed E-state index contributed by atoms with van der Waals surface area (Å²) in [6.45, 7) is 12.2. The molecule has 0 spiro atoms. The molecular weight excluding hydrogens is 636 g/mol. The molecule has 0 saturated carbocycles. The second kappa shape index (κ2) is 32.6. The molecule has 0 aromatic rings. The average molecular weight is 707 g/mol. The van der Waals surface area contributed by atoms with Crippen LogP contribution in [0.2, 0.25) is 0 Å². The van der Waals surface area contributed by atoms with Crippen LogP contribution < -0.4 is 34.0 Å². The van der Waals surface area contributed by atoms with Crippen molar-refractivity contribution in [3.8, 4) is 0 Å². The number of hydrogen-bond donors (Lipinski definition) is 4. The van der Waals surface area contributed by atoms with Crippen molar-refractivity contribution in [3.63, 3.8) is 0 Å². The lowest BCUT2D eigenvalue weighted by atomic mass is 10.1. The number of nitrogens with zero attached hydrogens (tertiary/aromatic N) is 2. The summed E-state index contributed by atoms with van der Waals surface area (Å²) in [5.41, 5.74) is 0. The van der Waals surface area contributed by atoms with Crippen LogP contribution in [-0.4, -0.2) is 108 Å². The lowest BCUT2D eigenvalue weighted by molar-refractivity contribution is -0.935. The van der Waals surface area contributed by atoms with Crippen LogP contribution in [0.1, 0.15) is 129 Å². The molecule has 0 amide bonds. The maximum absolute atomic E-state index is 9.82. The second-order valence-corrected chi connectivity index (χ2v) is 12.0. The Morgan fingerprint density at radius 1 is 0.300 bits per heavy atom. The van der Waals surface area contributed by atoms with Gasteiger partial charge in [0.05, 0.1) is 52.6 Å². The van der Waals surface area contributed by atoms with Gasteiger partial charge in [0.1, 0.15) is 26.2 Å². The quantitative estimate of drug-likeness (QED) is 0.0589. The van der Waals surface area contributed by atoms with Gasteiger partial charge in [-0.15, -0.1) is 0 Å². The van der Waals surface area contributed by atoms with Crippen LogP contribution in [-0.2, 0) is 0 Å². The van der Waals surface area contributed by atoms with Gasteiger partial charge >= 0.3 is 0 Å². The number of rotatable bonds is 31. The van der Waals surface area contributed by atoms with Crippen LogP contribution in [0.15, 0.2) is 0 Å². The molecule has 4 N–H and O–H groups in total. The first kappa shape index (κ1) is 45.2. The summed E-state index contributed by atoms with van der Waals surface area (Å²) in [6, 6.07) is 0. The van der Waals surface area contributed by atoms with Crippen LogP contribution in [0.5, 0.6) is 0 Å². The Labute approximate surface area is 270 Å². The summed E-state index contributed by atoms with van der Waals surface area (Å²) in [5.74, 6) is 0. The predicted octanol–water partition coefficient (Wildman–Crippen LogP) is -0.341. The highest BCUT2D eigenvalue weighted by atomic mass is 79.9. The molecule has 40 heavy (non-hydrogen) atoms. The van der Waals surface area contributed by atoms with Crippen LogP contribution in [0, 0.1) is 0 Å². The Morgan fingerprint density at radius 2 is 0.500 bits per heavy atom. The van der Waals surface area contributed by atoms with Crippen molar-refractivity contribution in [2.24, 2.45) is 0 Å². The number of aliphatic hydroxyl groups excluding tert-OH is 4. The first-order chi connectivity index (χ1) is 18.6. The summed E-state index contributed by atoms with van der Waals surface area (Å²) < 4.78 is 1.64. The molecular formula is C32H70Br2N2O4. The standard InChI is InChI=1S/C32H70N2O4.2BrH/c1-3-5-7-9-11-13-15-17-21-33(25-29-35,26-30-36)23-19-20-24-34(27-31-37,28-32-38)22-18-16-14-12-10-8-6-4-2;;/h35-38H,3-32H2,1-2H3;2*1H/q+2;;/p-2. The number of aliphatic hydroxyl groups is 4. The monoisotopic (exact) mass is 704 g/mol. The fourth-order valence-corrected chi connectivity index (χ4v) is 6.25. The van der Waals surface area contributed by atoms with Gasteiger partial charge in [-0.1, -0.05) is 90.9 Å². The maximum Gasteiger partial charge on any atom is 0.102 e. The van der Waals surface area contributed by atoms with E-state index in [2.05, 4.69) is 13.8 Å². The summed E-state index contributed by atoms with van der Waals surface area (Å²) in [4.78, 5) is 0. The number of halogens is 2. The highest BCUT2D eigenvalue weighted by molar-refractivity contribution is 4.54. The number of unbranched alkanes of at least 4 members (excludes halogenated alkanes) is 15. The van der Waals surface area contributed by atoms with Crippen molar-refractivity contribution < 1.29 is 63.4 Å². The zero-order chi connectivity index (χ0) is 28.2. The lowest BCUT2D eigenvalue weighted by Crippen LogP contribution is -3.00. The third-order valence-electron chi connectivity index (χ3n) is 8.78. The molecule has 0 fully saturated rings. The lowest BCUT2D eigenvalue weighted by Gasteiger charge is -2.40. The van der Waals surface area contributed by atoms with Gasteiger partial charge in [0.2, 0.25) is 0 Å². The highest BCUT2D eigenvalue weighted by Gasteiger charge is 2.28. The van der Waals surface area contributed by atoms with Gasteiger partial charge in [-0.25, -0.2) is 0 Å². The molecule has 246 valence electrons. The van der Waals surface area contributed by atoms with Crippen molar-refractivity contribution in [3.05, 3.63) is 0 Å². The third-order valence-corrected chi connectivity index (χ3v) is 8.78. The molecule has 0 aromatic carbocycles. The molecule has 6 nitrogen and oxygen atoms in total. The third kappa shape index (κ3) is 24.2. The first-order valence-electron chi connectivity index (χ1n) is 16.7. The molecule has 0 aliphatic heterocycles. The fourth-order valence-electron chi connectivity index (χ4n) is 6.25. The van der Waals surface area contributed by atoms with E-state index < -0.39 is 0 Å². The Hall–Kier alpha value is 0.720. The topological polar surface area (TPSA) is 80.9 Å². The summed E-state index contributed by atoms with van der Waals surface area (Å²) in [7, 11) is 0. The molecule has 0 aliphatic carbocycles. The SMILES string of the molecule is CCCCCCCCCC[N+](CCO)(CCO)CCCC[N+](CCO)(CCO)CCCCCCCCCC.[Br-].[Br-]. The Kier molecular flexibility index (Phi) is 36.8. The van der Waals surface area contributed by atoms with E-state index in [0.717, 1.165) is 74.2 Å². The van der Waals surface area contributed by atoms with E-state index in [0.29, 0.717) is 0 Å². The van der Waals surface area contributed by atoms with Crippen molar-refractivity contribution in [1.29, 1.82) is 0 Å². The summed E-state index contributed by atoms with van der Waals surface area (Å²) in [5, 5.41) is 39.3. The molecule has 0 radical (unpaired) electrons. The molecule has 0 saturated heterocycles. The number of hydrogen-bond acceptors (Lipinski definition) is 4. The zero-order valence-corrected chi connectivity index (χ0v) is 29.8. The summed E-state index contributed by atoms with van der Waals surface area (Å²) in [6.07, 6.45) is 22.9. The minimum Gasteiger partial charge on any atom is -1.00 e. The average Bonchev–Trinajstić information content (AvgIpc) is 2.90. The minimum absolute atomic E-state index is 0. The summed E-state index contributed by atoms with van der Waals surface area (Å²) >= 11 is 0. The van der Waals surface area contributed by atoms with E-state index in [1.54, 1.807) is 0 Å². The van der Waals surface area contributed by atoms with Crippen LogP contribution in [0.25, 0.3) is 0 Å². The van der Waals surface area contributed by atoms with Crippen molar-refractivity contribution >= 4 is 0 Å². The van der Waals surface area contributed by atoms with E-state index in [1.165, 1.54) is 103 Å². The normalized spacial score (nSPS) is 11.8. The zero-order valence-electron chi connectivity index (χ0n) is 26.7. The molecule has 0 atom stereocenters. The molecule has 0 aliphatic rings. The predicted molar refractivity (Wildman–Crippen MR) is 162 cm³/mol. The van der Waals surface area contributed by atoms with E-state index in [1.807, 2.05) is 0 Å². The van der Waals surface area contributed by atoms with E-state index >= 15 is 0 Å². The van der Waals surface area contributed by atoms with Crippen LogP contribution >= 0.6 is 0 Å². The van der Waals surface area contributed by atoms with Gasteiger partial charge in [-0.2, -0.15) is 0 Å². The highest BCUT2D eigenvalue weighted by Crippen LogP contribution is 2.18. The van der Waals surface area contributed by atoms with Gasteiger partial charge < -0.3 is 63.4 Å². The van der Waals surface area contributed by atoms with Gasteiger partial charge in [0.25, 0.3) is 0 Å². The first-order valence-corrected chi connectivity index (χ1v) is 16.7. The molecule has 8 heteroatoms. The van der Waals surface area contributed by atoms with E-state index in [9.17, 15) is 20.4 Å². The van der Waals surface area contributed by atoms with Crippen molar-refractivity contribution in [1.82, 2.24) is 0 Å². The van der Waals surface area contributed by atoms with Crippen molar-refractivity contribution in [2.45, 2.75) is 129 Å². The maximum atomic E-state index is 9.82. The van der Waals surface area contributed by atoms with Gasteiger partial charge in [-0.05, 0) is 25.7 Å².